The third-order valence-electron chi connectivity index (χ3n) is 3.26. The number of anilines is 1. The largest absolute Gasteiger partial charge is 0.505 e. The molecule has 2 nitrogen and oxygen atoms in total. The van der Waals surface area contributed by atoms with Gasteiger partial charge in [-0.05, 0) is 54.9 Å². The highest BCUT2D eigenvalue weighted by molar-refractivity contribution is 5.62. The van der Waals surface area contributed by atoms with Gasteiger partial charge in [0, 0.05) is 0 Å². The number of hydrogen-bond donors (Lipinski definition) is 2. The number of nitrogen functional groups attached to an aromatic ring is 1. The average molecular weight is 205 g/mol. The van der Waals surface area contributed by atoms with Crippen LogP contribution in [0.2, 0.25) is 0 Å². The molecule has 2 heteroatoms. The molecule has 1 aromatic carbocycles. The lowest BCUT2D eigenvalue weighted by atomic mass is 9.86. The number of phenols is 1. The average Bonchev–Trinajstić information content (AvgIpc) is 2.25. The van der Waals surface area contributed by atoms with Gasteiger partial charge in [0.05, 0.1) is 5.69 Å². The van der Waals surface area contributed by atoms with Gasteiger partial charge in [0.1, 0.15) is 5.75 Å². The normalized spacial score (nSPS) is 15.0. The van der Waals surface area contributed by atoms with Crippen molar-refractivity contribution in [2.24, 2.45) is 0 Å². The van der Waals surface area contributed by atoms with E-state index in [9.17, 15) is 5.11 Å². The molecule has 0 radical (unpaired) electrons. The predicted octanol–water partition coefficient (Wildman–Crippen LogP) is 2.81. The molecule has 0 amide bonds. The first kappa shape index (κ1) is 10.3. The zero-order valence-electron chi connectivity index (χ0n) is 9.34. The maximum Gasteiger partial charge on any atom is 0.141 e. The summed E-state index contributed by atoms with van der Waals surface area (Å²) in [6, 6.07) is 1.96. The van der Waals surface area contributed by atoms with Gasteiger partial charge in [0.15, 0.2) is 0 Å². The fourth-order valence-corrected chi connectivity index (χ4v) is 2.53. The molecule has 0 saturated carbocycles. The highest BCUT2D eigenvalue weighted by Crippen LogP contribution is 2.35. The Bertz CT molecular complexity index is 371. The molecule has 0 atom stereocenters. The van der Waals surface area contributed by atoms with Crippen LogP contribution >= 0.6 is 0 Å². The Labute approximate surface area is 91.1 Å². The van der Waals surface area contributed by atoms with Crippen LogP contribution in [0.1, 0.15) is 42.9 Å². The first-order valence-corrected chi connectivity index (χ1v) is 5.86. The van der Waals surface area contributed by atoms with Crippen molar-refractivity contribution >= 4 is 5.69 Å². The predicted molar refractivity (Wildman–Crippen MR) is 63.2 cm³/mol. The Morgan fingerprint density at radius 3 is 2.80 bits per heavy atom. The second kappa shape index (κ2) is 4.13. The number of fused-ring (bicyclic) bond motifs is 1. The molecule has 0 saturated heterocycles. The molecule has 82 valence electrons. The Morgan fingerprint density at radius 1 is 1.33 bits per heavy atom. The minimum atomic E-state index is 0.331. The van der Waals surface area contributed by atoms with Crippen molar-refractivity contribution in [3.8, 4) is 5.75 Å². The number of aryl methyl sites for hydroxylation is 1. The fraction of sp³-hybridized carbons (Fsp3) is 0.538. The van der Waals surface area contributed by atoms with Crippen LogP contribution in [0.25, 0.3) is 0 Å². The fourth-order valence-electron chi connectivity index (χ4n) is 2.53. The van der Waals surface area contributed by atoms with E-state index in [0.717, 1.165) is 31.2 Å². The SMILES string of the molecule is CCCc1c(O)c(N)cc2c1CCCC2. The second-order valence-corrected chi connectivity index (χ2v) is 4.39. The van der Waals surface area contributed by atoms with Crippen LogP contribution in [-0.2, 0) is 19.3 Å². The maximum absolute atomic E-state index is 9.96. The van der Waals surface area contributed by atoms with Gasteiger partial charge in [0.2, 0.25) is 0 Å². The highest BCUT2D eigenvalue weighted by atomic mass is 16.3. The number of aromatic hydroxyl groups is 1. The molecule has 0 spiro atoms. The van der Waals surface area contributed by atoms with E-state index < -0.39 is 0 Å². The van der Waals surface area contributed by atoms with Crippen molar-refractivity contribution in [2.45, 2.75) is 45.4 Å². The monoisotopic (exact) mass is 205 g/mol. The van der Waals surface area contributed by atoms with E-state index in [1.165, 1.54) is 24.0 Å². The zero-order valence-corrected chi connectivity index (χ0v) is 9.34. The Hall–Kier alpha value is -1.18. The molecule has 0 heterocycles. The van der Waals surface area contributed by atoms with Gasteiger partial charge in [-0.1, -0.05) is 13.3 Å². The quantitative estimate of drug-likeness (QED) is 0.576. The molecule has 0 unspecified atom stereocenters. The van der Waals surface area contributed by atoms with Crippen molar-refractivity contribution in [3.05, 3.63) is 22.8 Å². The van der Waals surface area contributed by atoms with Crippen LogP contribution in [0.3, 0.4) is 0 Å². The lowest BCUT2D eigenvalue weighted by Gasteiger charge is -2.21. The first-order chi connectivity index (χ1) is 7.24. The standard InChI is InChI=1S/C13H19NO/c1-2-5-11-10-7-4-3-6-9(10)8-12(14)13(11)15/h8,15H,2-7,14H2,1H3. The molecule has 0 bridgehead atoms. The summed E-state index contributed by atoms with van der Waals surface area (Å²) in [6.45, 7) is 2.14. The van der Waals surface area contributed by atoms with E-state index in [4.69, 9.17) is 5.73 Å². The van der Waals surface area contributed by atoms with Crippen LogP contribution in [0, 0.1) is 0 Å². The van der Waals surface area contributed by atoms with E-state index >= 15 is 0 Å². The molecule has 3 N–H and O–H groups in total. The van der Waals surface area contributed by atoms with Gasteiger partial charge in [0.25, 0.3) is 0 Å². The van der Waals surface area contributed by atoms with Crippen LogP contribution in [0.4, 0.5) is 5.69 Å². The summed E-state index contributed by atoms with van der Waals surface area (Å²) < 4.78 is 0. The minimum Gasteiger partial charge on any atom is -0.505 e. The molecule has 1 aromatic rings. The third-order valence-corrected chi connectivity index (χ3v) is 3.26. The number of phenolic OH excluding ortho intramolecular Hbond substituents is 1. The molecular weight excluding hydrogens is 186 g/mol. The van der Waals surface area contributed by atoms with Gasteiger partial charge >= 0.3 is 0 Å². The van der Waals surface area contributed by atoms with E-state index in [2.05, 4.69) is 6.92 Å². The summed E-state index contributed by atoms with van der Waals surface area (Å²) in [6.07, 6.45) is 6.73. The Kier molecular flexibility index (Phi) is 2.85. The topological polar surface area (TPSA) is 46.2 Å². The molecule has 0 fully saturated rings. The van der Waals surface area contributed by atoms with E-state index in [1.807, 2.05) is 6.07 Å². The van der Waals surface area contributed by atoms with E-state index in [1.54, 1.807) is 0 Å². The minimum absolute atomic E-state index is 0.331. The lowest BCUT2D eigenvalue weighted by molar-refractivity contribution is 0.467. The van der Waals surface area contributed by atoms with Crippen molar-refractivity contribution in [1.29, 1.82) is 0 Å². The molecule has 2 rings (SSSR count). The number of rotatable bonds is 2. The number of benzene rings is 1. The molecule has 15 heavy (non-hydrogen) atoms. The third kappa shape index (κ3) is 1.81. The summed E-state index contributed by atoms with van der Waals surface area (Å²) in [5.41, 5.74) is 10.2. The van der Waals surface area contributed by atoms with Crippen LogP contribution in [0.15, 0.2) is 6.07 Å². The summed E-state index contributed by atoms with van der Waals surface area (Å²) in [4.78, 5) is 0. The lowest BCUT2D eigenvalue weighted by Crippen LogP contribution is -2.08. The van der Waals surface area contributed by atoms with Crippen molar-refractivity contribution < 1.29 is 5.11 Å². The van der Waals surface area contributed by atoms with Crippen molar-refractivity contribution in [3.63, 3.8) is 0 Å². The maximum atomic E-state index is 9.96. The Balaban J connectivity index is 2.52. The van der Waals surface area contributed by atoms with Crippen LogP contribution in [0.5, 0.6) is 5.75 Å². The molecule has 0 aliphatic heterocycles. The summed E-state index contributed by atoms with van der Waals surface area (Å²) in [5, 5.41) is 9.96. The van der Waals surface area contributed by atoms with Gasteiger partial charge < -0.3 is 10.8 Å². The first-order valence-electron chi connectivity index (χ1n) is 5.86. The highest BCUT2D eigenvalue weighted by Gasteiger charge is 2.17. The van der Waals surface area contributed by atoms with Gasteiger partial charge in [-0.2, -0.15) is 0 Å². The van der Waals surface area contributed by atoms with Gasteiger partial charge in [-0.3, -0.25) is 0 Å². The summed E-state index contributed by atoms with van der Waals surface area (Å²) in [5.74, 6) is 0.331. The van der Waals surface area contributed by atoms with Crippen LogP contribution in [-0.4, -0.2) is 5.11 Å². The molecule has 0 aromatic heterocycles. The summed E-state index contributed by atoms with van der Waals surface area (Å²) >= 11 is 0. The molecular formula is C13H19NO. The Morgan fingerprint density at radius 2 is 2.07 bits per heavy atom. The van der Waals surface area contributed by atoms with E-state index in [0.29, 0.717) is 11.4 Å². The van der Waals surface area contributed by atoms with Crippen molar-refractivity contribution in [2.75, 3.05) is 5.73 Å². The van der Waals surface area contributed by atoms with Crippen LogP contribution < -0.4 is 5.73 Å². The smallest absolute Gasteiger partial charge is 0.141 e. The van der Waals surface area contributed by atoms with E-state index in [-0.39, 0.29) is 0 Å². The molecule has 1 aliphatic carbocycles. The van der Waals surface area contributed by atoms with Crippen molar-refractivity contribution in [1.82, 2.24) is 0 Å². The molecule has 1 aliphatic rings. The summed E-state index contributed by atoms with van der Waals surface area (Å²) in [7, 11) is 0. The number of hydrogen-bond acceptors (Lipinski definition) is 2. The second-order valence-electron chi connectivity index (χ2n) is 4.39. The van der Waals surface area contributed by atoms with Gasteiger partial charge in [-0.15, -0.1) is 0 Å². The number of nitrogens with two attached hydrogens (primary N) is 1. The zero-order chi connectivity index (χ0) is 10.8. The van der Waals surface area contributed by atoms with Gasteiger partial charge in [-0.25, -0.2) is 0 Å².